The minimum absolute atomic E-state index is 0.134. The van der Waals surface area contributed by atoms with E-state index < -0.39 is 0 Å². The van der Waals surface area contributed by atoms with E-state index in [2.05, 4.69) is 195 Å². The standard InChI is InChI=1S/C55H37NO2/c1-55(2)48-16-8-5-14-42(48)43-26-25-40(33-49(43)55)56(39-23-19-34(20-24-39)37-21-27-52-45(30-37)44-15-7-10-18-51(44)57-52)50-17-9-6-13-41(50)38-22-28-53-46(31-38)47-29-35-11-3-4-12-36(35)32-54(47)58-53/h3-33H,1-2H3. The molecule has 0 radical (unpaired) electrons. The number of benzene rings is 9. The number of nitrogens with zero attached hydrogens (tertiary/aromatic N) is 1. The van der Waals surface area contributed by atoms with Crippen LogP contribution in [0.2, 0.25) is 0 Å². The van der Waals surface area contributed by atoms with Crippen LogP contribution < -0.4 is 4.90 Å². The zero-order chi connectivity index (χ0) is 38.5. The molecule has 11 aromatic rings. The lowest BCUT2D eigenvalue weighted by Gasteiger charge is -2.30. The van der Waals surface area contributed by atoms with Gasteiger partial charge in [0.15, 0.2) is 0 Å². The van der Waals surface area contributed by atoms with Crippen molar-refractivity contribution in [2.24, 2.45) is 0 Å². The third-order valence-electron chi connectivity index (χ3n) is 12.5. The van der Waals surface area contributed by atoms with Gasteiger partial charge in [-0.05, 0) is 123 Å². The van der Waals surface area contributed by atoms with E-state index >= 15 is 0 Å². The first-order valence-corrected chi connectivity index (χ1v) is 20.0. The maximum absolute atomic E-state index is 6.43. The fourth-order valence-corrected chi connectivity index (χ4v) is 9.51. The van der Waals surface area contributed by atoms with Crippen molar-refractivity contribution in [1.29, 1.82) is 0 Å². The van der Waals surface area contributed by atoms with Crippen molar-refractivity contribution >= 4 is 71.7 Å². The summed E-state index contributed by atoms with van der Waals surface area (Å²) in [6.07, 6.45) is 0. The van der Waals surface area contributed by atoms with E-state index in [0.29, 0.717) is 0 Å². The van der Waals surface area contributed by atoms with Crippen molar-refractivity contribution < 1.29 is 8.83 Å². The first kappa shape index (κ1) is 32.8. The van der Waals surface area contributed by atoms with Crippen LogP contribution in [0.4, 0.5) is 17.1 Å². The molecule has 0 amide bonds. The predicted molar refractivity (Wildman–Crippen MR) is 242 cm³/mol. The summed E-state index contributed by atoms with van der Waals surface area (Å²) in [5.74, 6) is 0. The molecule has 0 spiro atoms. The second kappa shape index (κ2) is 12.3. The number of para-hydroxylation sites is 2. The van der Waals surface area contributed by atoms with Gasteiger partial charge in [-0.15, -0.1) is 0 Å². The van der Waals surface area contributed by atoms with Crippen molar-refractivity contribution in [3.8, 4) is 33.4 Å². The second-order valence-electron chi connectivity index (χ2n) is 16.1. The van der Waals surface area contributed by atoms with Crippen LogP contribution in [0.25, 0.3) is 88.0 Å². The van der Waals surface area contributed by atoms with E-state index in [1.54, 1.807) is 0 Å². The van der Waals surface area contributed by atoms with Crippen LogP contribution in [-0.2, 0) is 5.41 Å². The number of furan rings is 2. The summed E-state index contributed by atoms with van der Waals surface area (Å²) in [4.78, 5) is 2.43. The molecule has 0 fully saturated rings. The highest BCUT2D eigenvalue weighted by Gasteiger charge is 2.36. The normalized spacial score (nSPS) is 13.1. The SMILES string of the molecule is CC1(C)c2ccccc2-c2ccc(N(c3ccc(-c4ccc5oc6ccccc6c5c4)cc3)c3ccccc3-c3ccc4oc5cc6ccccc6cc5c4c3)cc21. The molecule has 1 aliphatic carbocycles. The lowest BCUT2D eigenvalue weighted by Crippen LogP contribution is -2.16. The fraction of sp³-hybridized carbons (Fsp3) is 0.0545. The zero-order valence-corrected chi connectivity index (χ0v) is 32.2. The molecule has 3 heteroatoms. The summed E-state index contributed by atoms with van der Waals surface area (Å²) in [5, 5.41) is 6.89. The van der Waals surface area contributed by atoms with E-state index in [1.807, 2.05) is 12.1 Å². The van der Waals surface area contributed by atoms with Gasteiger partial charge in [-0.2, -0.15) is 0 Å². The third-order valence-corrected chi connectivity index (χ3v) is 12.5. The molecule has 3 nitrogen and oxygen atoms in total. The van der Waals surface area contributed by atoms with E-state index in [4.69, 9.17) is 8.83 Å². The van der Waals surface area contributed by atoms with Gasteiger partial charge >= 0.3 is 0 Å². The van der Waals surface area contributed by atoms with Gasteiger partial charge in [0.05, 0.1) is 5.69 Å². The summed E-state index contributed by atoms with van der Waals surface area (Å²) in [6.45, 7) is 4.70. The number of rotatable bonds is 5. The van der Waals surface area contributed by atoms with Crippen LogP contribution in [0, 0.1) is 0 Å². The molecule has 0 saturated carbocycles. The second-order valence-corrected chi connectivity index (χ2v) is 16.1. The lowest BCUT2D eigenvalue weighted by atomic mass is 9.82. The predicted octanol–water partition coefficient (Wildman–Crippen LogP) is 15.7. The Labute approximate surface area is 336 Å². The third kappa shape index (κ3) is 4.93. The zero-order valence-electron chi connectivity index (χ0n) is 32.2. The van der Waals surface area contributed by atoms with Crippen molar-refractivity contribution in [2.45, 2.75) is 19.3 Å². The molecule has 1 aliphatic rings. The van der Waals surface area contributed by atoms with E-state index in [9.17, 15) is 0 Å². The highest BCUT2D eigenvalue weighted by molar-refractivity contribution is 6.11. The Hall–Kier alpha value is -7.36. The highest BCUT2D eigenvalue weighted by atomic mass is 16.3. The molecule has 0 aliphatic heterocycles. The van der Waals surface area contributed by atoms with Gasteiger partial charge < -0.3 is 13.7 Å². The number of fused-ring (bicyclic) bond motifs is 10. The van der Waals surface area contributed by atoms with Crippen molar-refractivity contribution in [3.05, 3.63) is 199 Å². The molecule has 0 atom stereocenters. The van der Waals surface area contributed by atoms with Crippen LogP contribution in [0.3, 0.4) is 0 Å². The average Bonchev–Trinajstić information content (AvgIpc) is 3.90. The van der Waals surface area contributed by atoms with Crippen LogP contribution >= 0.6 is 0 Å². The van der Waals surface area contributed by atoms with Gasteiger partial charge in [0, 0.05) is 43.9 Å². The maximum Gasteiger partial charge on any atom is 0.136 e. The monoisotopic (exact) mass is 743 g/mol. The first-order chi connectivity index (χ1) is 28.5. The minimum Gasteiger partial charge on any atom is -0.456 e. The Kier molecular flexibility index (Phi) is 6.98. The molecule has 2 heterocycles. The van der Waals surface area contributed by atoms with Gasteiger partial charge in [-0.3, -0.25) is 0 Å². The van der Waals surface area contributed by atoms with Gasteiger partial charge in [-0.1, -0.05) is 129 Å². The van der Waals surface area contributed by atoms with Crippen LogP contribution in [0.1, 0.15) is 25.0 Å². The lowest BCUT2D eigenvalue weighted by molar-refractivity contribution is 0.660. The van der Waals surface area contributed by atoms with E-state index in [0.717, 1.165) is 83.2 Å². The van der Waals surface area contributed by atoms with Gasteiger partial charge in [0.2, 0.25) is 0 Å². The Morgan fingerprint density at radius 3 is 1.78 bits per heavy atom. The summed E-state index contributed by atoms with van der Waals surface area (Å²) in [7, 11) is 0. The molecule has 274 valence electrons. The van der Waals surface area contributed by atoms with Gasteiger partial charge in [0.1, 0.15) is 22.3 Å². The Balaban J connectivity index is 1.02. The fourth-order valence-electron chi connectivity index (χ4n) is 9.51. The topological polar surface area (TPSA) is 29.5 Å². The maximum atomic E-state index is 6.43. The molecule has 2 aromatic heterocycles. The minimum atomic E-state index is -0.134. The van der Waals surface area contributed by atoms with Crippen LogP contribution in [0.15, 0.2) is 197 Å². The summed E-state index contributed by atoms with van der Waals surface area (Å²) < 4.78 is 12.6. The summed E-state index contributed by atoms with van der Waals surface area (Å²) >= 11 is 0. The molecule has 0 N–H and O–H groups in total. The first-order valence-electron chi connectivity index (χ1n) is 20.0. The molecule has 0 unspecified atom stereocenters. The largest absolute Gasteiger partial charge is 0.456 e. The molecule has 0 bridgehead atoms. The van der Waals surface area contributed by atoms with Crippen LogP contribution in [0.5, 0.6) is 0 Å². The van der Waals surface area contributed by atoms with Crippen molar-refractivity contribution in [2.75, 3.05) is 4.90 Å². The smallest absolute Gasteiger partial charge is 0.136 e. The van der Waals surface area contributed by atoms with E-state index in [1.165, 1.54) is 33.0 Å². The highest BCUT2D eigenvalue weighted by Crippen LogP contribution is 2.51. The van der Waals surface area contributed by atoms with Gasteiger partial charge in [-0.25, -0.2) is 0 Å². The Morgan fingerprint density at radius 1 is 0.362 bits per heavy atom. The average molecular weight is 744 g/mol. The Morgan fingerprint density at radius 2 is 0.931 bits per heavy atom. The summed E-state index contributed by atoms with van der Waals surface area (Å²) in [6, 6.07) is 68.0. The van der Waals surface area contributed by atoms with E-state index in [-0.39, 0.29) is 5.41 Å². The van der Waals surface area contributed by atoms with Gasteiger partial charge in [0.25, 0.3) is 0 Å². The number of hydrogen-bond acceptors (Lipinski definition) is 3. The quantitative estimate of drug-likeness (QED) is 0.176. The molecular weight excluding hydrogens is 707 g/mol. The van der Waals surface area contributed by atoms with Crippen molar-refractivity contribution in [3.63, 3.8) is 0 Å². The number of anilines is 3. The number of hydrogen-bond donors (Lipinski definition) is 0. The van der Waals surface area contributed by atoms with Crippen LogP contribution in [-0.4, -0.2) is 0 Å². The summed E-state index contributed by atoms with van der Waals surface area (Å²) in [5.41, 5.74) is 16.7. The molecule has 12 rings (SSSR count). The molecule has 9 aromatic carbocycles. The molecule has 0 saturated heterocycles. The molecular formula is C55H37NO2. The molecule has 58 heavy (non-hydrogen) atoms. The van der Waals surface area contributed by atoms with Crippen molar-refractivity contribution in [1.82, 2.24) is 0 Å². The Bertz CT molecular complexity index is 3440.